The second-order valence-electron chi connectivity index (χ2n) is 5.18. The van der Waals surface area contributed by atoms with E-state index in [1.54, 1.807) is 6.08 Å². The van der Waals surface area contributed by atoms with Gasteiger partial charge in [0.25, 0.3) is 5.56 Å². The van der Waals surface area contributed by atoms with Gasteiger partial charge in [0.15, 0.2) is 5.82 Å². The third kappa shape index (κ3) is 3.81. The summed E-state index contributed by atoms with van der Waals surface area (Å²) < 4.78 is 5.64. The Bertz CT molecular complexity index is 1040. The summed E-state index contributed by atoms with van der Waals surface area (Å²) in [6, 6.07) is 12.1. The number of fused-ring (bicyclic) bond motifs is 1. The lowest BCUT2D eigenvalue weighted by Gasteiger charge is -2.04. The molecule has 0 aliphatic carbocycles. The summed E-state index contributed by atoms with van der Waals surface area (Å²) in [7, 11) is 1.29. The van der Waals surface area contributed by atoms with Gasteiger partial charge in [-0.2, -0.15) is 0 Å². The number of hydrogen-bond acceptors (Lipinski definition) is 4. The van der Waals surface area contributed by atoms with Crippen LogP contribution in [0.4, 0.5) is 0 Å². The van der Waals surface area contributed by atoms with Crippen LogP contribution in [0.2, 0.25) is 0 Å². The molecule has 0 amide bonds. The summed E-state index contributed by atoms with van der Waals surface area (Å²) in [5, 5.41) is 0.648. The summed E-state index contributed by atoms with van der Waals surface area (Å²) in [5.41, 5.74) is 1.20. The average molecular weight is 420 g/mol. The maximum atomic E-state index is 12.2. The first-order valence-electron chi connectivity index (χ1n) is 7.23. The minimum atomic E-state index is -0.498. The summed E-state index contributed by atoms with van der Waals surface area (Å²) >= 11 is 9.67. The molecular formula is C18H12BrClN2O3. The van der Waals surface area contributed by atoms with Gasteiger partial charge >= 0.3 is 5.97 Å². The number of esters is 1. The van der Waals surface area contributed by atoms with Crippen LogP contribution < -0.4 is 5.56 Å². The number of methoxy groups -OCH3 is 1. The van der Waals surface area contributed by atoms with Crippen molar-refractivity contribution in [2.75, 3.05) is 7.11 Å². The van der Waals surface area contributed by atoms with E-state index in [0.717, 1.165) is 10.0 Å². The van der Waals surface area contributed by atoms with Gasteiger partial charge < -0.3 is 9.72 Å². The molecule has 3 aromatic rings. The minimum absolute atomic E-state index is 0.226. The van der Waals surface area contributed by atoms with Crippen molar-refractivity contribution in [3.05, 3.63) is 74.2 Å². The molecule has 3 rings (SSSR count). The van der Waals surface area contributed by atoms with E-state index in [4.69, 9.17) is 11.6 Å². The number of rotatable bonds is 3. The third-order valence-electron chi connectivity index (χ3n) is 3.52. The predicted octanol–water partition coefficient (Wildman–Crippen LogP) is 4.21. The van der Waals surface area contributed by atoms with Gasteiger partial charge in [0.1, 0.15) is 0 Å². The van der Waals surface area contributed by atoms with Gasteiger partial charge in [0.05, 0.1) is 28.6 Å². The molecule has 0 fully saturated rings. The molecule has 0 unspecified atom stereocenters. The van der Waals surface area contributed by atoms with E-state index in [1.165, 1.54) is 25.3 Å². The van der Waals surface area contributed by atoms with Crippen LogP contribution in [0.3, 0.4) is 0 Å². The van der Waals surface area contributed by atoms with Crippen LogP contribution in [-0.4, -0.2) is 23.0 Å². The maximum absolute atomic E-state index is 12.2. The largest absolute Gasteiger partial charge is 0.465 e. The SMILES string of the molecule is COC(=O)c1ccc2c(=O)[nH]c(/C(Cl)=C/c3ccc(Br)cc3)nc2c1. The first kappa shape index (κ1) is 17.4. The number of aromatic nitrogens is 2. The monoisotopic (exact) mass is 418 g/mol. The summed E-state index contributed by atoms with van der Waals surface area (Å²) in [6.45, 7) is 0. The molecule has 25 heavy (non-hydrogen) atoms. The Morgan fingerprint density at radius 3 is 2.64 bits per heavy atom. The lowest BCUT2D eigenvalue weighted by atomic mass is 10.1. The van der Waals surface area contributed by atoms with E-state index in [9.17, 15) is 9.59 Å². The van der Waals surface area contributed by atoms with E-state index in [0.29, 0.717) is 16.5 Å². The Morgan fingerprint density at radius 2 is 1.96 bits per heavy atom. The van der Waals surface area contributed by atoms with Gasteiger partial charge in [-0.25, -0.2) is 9.78 Å². The zero-order valence-corrected chi connectivity index (χ0v) is 15.4. The van der Waals surface area contributed by atoms with Crippen molar-refractivity contribution in [1.82, 2.24) is 9.97 Å². The first-order valence-corrected chi connectivity index (χ1v) is 8.40. The second kappa shape index (κ2) is 7.21. The molecule has 1 N–H and O–H groups in total. The molecule has 5 nitrogen and oxygen atoms in total. The van der Waals surface area contributed by atoms with Crippen LogP contribution in [0, 0.1) is 0 Å². The topological polar surface area (TPSA) is 72.1 Å². The van der Waals surface area contributed by atoms with E-state index < -0.39 is 5.97 Å². The van der Waals surface area contributed by atoms with Crippen molar-refractivity contribution < 1.29 is 9.53 Å². The van der Waals surface area contributed by atoms with Crippen molar-refractivity contribution in [1.29, 1.82) is 0 Å². The standard InChI is InChI=1S/C18H12BrClN2O3/c1-25-18(24)11-4-7-13-15(9-11)21-16(22-17(13)23)14(20)8-10-2-5-12(19)6-3-10/h2-9H,1H3,(H,21,22,23)/b14-8-. The van der Waals surface area contributed by atoms with Gasteiger partial charge in [-0.3, -0.25) is 4.79 Å². The van der Waals surface area contributed by atoms with E-state index >= 15 is 0 Å². The Labute approximate surface area is 156 Å². The molecule has 0 saturated heterocycles. The van der Waals surface area contributed by atoms with Gasteiger partial charge in [0.2, 0.25) is 0 Å². The number of aromatic amines is 1. The number of hydrogen-bond donors (Lipinski definition) is 1. The molecule has 0 aliphatic heterocycles. The Balaban J connectivity index is 2.08. The zero-order valence-electron chi connectivity index (χ0n) is 13.0. The van der Waals surface area contributed by atoms with Crippen LogP contribution >= 0.6 is 27.5 Å². The highest BCUT2D eigenvalue weighted by Gasteiger charge is 2.11. The number of nitrogens with one attached hydrogen (secondary N) is 1. The summed E-state index contributed by atoms with van der Waals surface area (Å²) in [5.74, 6) is -0.272. The van der Waals surface area contributed by atoms with Crippen LogP contribution in [-0.2, 0) is 4.74 Å². The number of carbonyl (C=O) groups is 1. The molecule has 0 spiro atoms. The van der Waals surface area contributed by atoms with Crippen molar-refractivity contribution in [2.45, 2.75) is 0 Å². The predicted molar refractivity (Wildman–Crippen MR) is 102 cm³/mol. The number of carbonyl (C=O) groups excluding carboxylic acids is 1. The Hall–Kier alpha value is -2.44. The molecule has 2 aromatic carbocycles. The lowest BCUT2D eigenvalue weighted by molar-refractivity contribution is 0.0601. The normalized spacial score (nSPS) is 11.6. The summed E-state index contributed by atoms with van der Waals surface area (Å²) in [4.78, 5) is 30.9. The average Bonchev–Trinajstić information content (AvgIpc) is 2.62. The van der Waals surface area contributed by atoms with Gasteiger partial charge in [-0.15, -0.1) is 0 Å². The third-order valence-corrected chi connectivity index (χ3v) is 4.33. The van der Waals surface area contributed by atoms with Gasteiger partial charge in [-0.1, -0.05) is 39.7 Å². The minimum Gasteiger partial charge on any atom is -0.465 e. The van der Waals surface area contributed by atoms with E-state index in [1.807, 2.05) is 24.3 Å². The van der Waals surface area contributed by atoms with Crippen molar-refractivity contribution in [3.8, 4) is 0 Å². The van der Waals surface area contributed by atoms with Crippen molar-refractivity contribution in [3.63, 3.8) is 0 Å². The molecule has 0 atom stereocenters. The number of H-pyrrole nitrogens is 1. The summed E-state index contributed by atoms with van der Waals surface area (Å²) in [6.07, 6.45) is 1.70. The lowest BCUT2D eigenvalue weighted by Crippen LogP contribution is -2.11. The Morgan fingerprint density at radius 1 is 1.24 bits per heavy atom. The number of nitrogens with zero attached hydrogens (tertiary/aromatic N) is 1. The highest BCUT2D eigenvalue weighted by atomic mass is 79.9. The van der Waals surface area contributed by atoms with Crippen LogP contribution in [0.1, 0.15) is 21.7 Å². The molecule has 7 heteroatoms. The smallest absolute Gasteiger partial charge is 0.337 e. The van der Waals surface area contributed by atoms with E-state index in [2.05, 4.69) is 30.6 Å². The fraction of sp³-hybridized carbons (Fsp3) is 0.0556. The molecule has 0 bridgehead atoms. The van der Waals surface area contributed by atoms with Crippen LogP contribution in [0.25, 0.3) is 22.0 Å². The van der Waals surface area contributed by atoms with Gasteiger partial charge in [0, 0.05) is 4.47 Å². The molecule has 126 valence electrons. The molecule has 1 heterocycles. The fourth-order valence-corrected chi connectivity index (χ4v) is 2.75. The fourth-order valence-electron chi connectivity index (χ4n) is 2.27. The van der Waals surface area contributed by atoms with Crippen molar-refractivity contribution >= 4 is 55.5 Å². The van der Waals surface area contributed by atoms with Crippen LogP contribution in [0.15, 0.2) is 51.7 Å². The highest BCUT2D eigenvalue weighted by Crippen LogP contribution is 2.21. The molecule has 0 radical (unpaired) electrons. The number of benzene rings is 2. The Kier molecular flexibility index (Phi) is 5.01. The second-order valence-corrected chi connectivity index (χ2v) is 6.50. The van der Waals surface area contributed by atoms with Crippen molar-refractivity contribution in [2.24, 2.45) is 0 Å². The van der Waals surface area contributed by atoms with Crippen LogP contribution in [0.5, 0.6) is 0 Å². The molecule has 0 aliphatic rings. The van der Waals surface area contributed by atoms with E-state index in [-0.39, 0.29) is 16.4 Å². The molecular weight excluding hydrogens is 408 g/mol. The zero-order chi connectivity index (χ0) is 18.0. The van der Waals surface area contributed by atoms with Gasteiger partial charge in [-0.05, 0) is 42.0 Å². The maximum Gasteiger partial charge on any atom is 0.337 e. The molecule has 1 aromatic heterocycles. The number of ether oxygens (including phenoxy) is 1. The highest BCUT2D eigenvalue weighted by molar-refractivity contribution is 9.10. The number of halogens is 2. The molecule has 0 saturated carbocycles. The first-order chi connectivity index (χ1) is 12.0. The quantitative estimate of drug-likeness (QED) is 0.646.